The third kappa shape index (κ3) is 3.41. The number of rotatable bonds is 5. The van der Waals surface area contributed by atoms with Crippen molar-refractivity contribution in [1.82, 2.24) is 0 Å². The second-order valence-corrected chi connectivity index (χ2v) is 5.14. The second kappa shape index (κ2) is 5.70. The maximum atomic E-state index is 12.4. The van der Waals surface area contributed by atoms with Gasteiger partial charge >= 0.3 is 6.18 Å². The minimum atomic E-state index is -4.45. The van der Waals surface area contributed by atoms with E-state index in [-0.39, 0.29) is 33.3 Å². The largest absolute Gasteiger partial charge is 0.405 e. The molecule has 1 aromatic rings. The zero-order chi connectivity index (χ0) is 15.7. The van der Waals surface area contributed by atoms with Gasteiger partial charge in [0.15, 0.2) is 5.78 Å². The molecule has 0 aliphatic carbocycles. The number of thiophene rings is 1. The molecular weight excluding hydrogens is 295 g/mol. The topological polar surface area (TPSA) is 89.4 Å². The number of hydrogen-bond donors (Lipinski definition) is 2. The van der Waals surface area contributed by atoms with Crippen LogP contribution in [0.25, 0.3) is 0 Å². The molecule has 5 nitrogen and oxygen atoms in total. The van der Waals surface area contributed by atoms with Crippen molar-refractivity contribution in [3.05, 3.63) is 10.4 Å². The molecule has 0 spiro atoms. The van der Waals surface area contributed by atoms with E-state index in [0.717, 1.165) is 23.3 Å². The van der Waals surface area contributed by atoms with Crippen LogP contribution < -0.4 is 16.4 Å². The first-order valence-corrected chi connectivity index (χ1v) is 6.43. The highest BCUT2D eigenvalue weighted by molar-refractivity contribution is 7.19. The van der Waals surface area contributed by atoms with Crippen LogP contribution in [0.4, 0.5) is 23.9 Å². The molecule has 1 heterocycles. The summed E-state index contributed by atoms with van der Waals surface area (Å²) < 4.78 is 37.2. The Morgan fingerprint density at radius 1 is 1.35 bits per heavy atom. The zero-order valence-corrected chi connectivity index (χ0v) is 11.7. The van der Waals surface area contributed by atoms with Crippen molar-refractivity contribution in [2.24, 2.45) is 5.73 Å². The van der Waals surface area contributed by atoms with E-state index in [1.165, 1.54) is 0 Å². The molecule has 0 aromatic carbocycles. The molecule has 0 atom stereocenters. The number of Topliss-reactive ketones (excluding diaryl/α,β-unsaturated/α-hetero) is 1. The van der Waals surface area contributed by atoms with Crippen molar-refractivity contribution in [2.45, 2.75) is 19.5 Å². The fourth-order valence-electron chi connectivity index (χ4n) is 1.65. The highest BCUT2D eigenvalue weighted by Crippen LogP contribution is 2.39. The van der Waals surface area contributed by atoms with Crippen LogP contribution in [-0.4, -0.2) is 31.5 Å². The third-order valence-corrected chi connectivity index (χ3v) is 3.87. The zero-order valence-electron chi connectivity index (χ0n) is 10.9. The van der Waals surface area contributed by atoms with Gasteiger partial charge in [0.2, 0.25) is 0 Å². The van der Waals surface area contributed by atoms with Gasteiger partial charge in [-0.2, -0.15) is 13.2 Å². The van der Waals surface area contributed by atoms with Gasteiger partial charge in [-0.15, -0.1) is 11.3 Å². The smallest absolute Gasteiger partial charge is 0.397 e. The first kappa shape index (κ1) is 16.3. The lowest BCUT2D eigenvalue weighted by atomic mass is 10.1. The first-order chi connectivity index (χ1) is 9.08. The number of nitrogens with zero attached hydrogens (tertiary/aromatic N) is 1. The van der Waals surface area contributed by atoms with E-state index in [1.807, 2.05) is 0 Å². The van der Waals surface area contributed by atoms with Crippen LogP contribution >= 0.6 is 11.3 Å². The van der Waals surface area contributed by atoms with Crippen molar-refractivity contribution in [3.63, 3.8) is 0 Å². The van der Waals surface area contributed by atoms with Crippen molar-refractivity contribution >= 4 is 33.7 Å². The molecule has 0 saturated carbocycles. The van der Waals surface area contributed by atoms with Crippen molar-refractivity contribution in [2.75, 3.05) is 24.2 Å². The quantitative estimate of drug-likeness (QED) is 0.814. The van der Waals surface area contributed by atoms with E-state index < -0.39 is 18.6 Å². The minimum Gasteiger partial charge on any atom is -0.397 e. The van der Waals surface area contributed by atoms with E-state index in [1.54, 1.807) is 6.92 Å². The number of nitrogens with two attached hydrogens (primary N) is 2. The number of nitrogen functional groups attached to an aromatic ring is 1. The predicted molar refractivity (Wildman–Crippen MR) is 71.2 cm³/mol. The van der Waals surface area contributed by atoms with Crippen molar-refractivity contribution in [3.8, 4) is 0 Å². The van der Waals surface area contributed by atoms with E-state index in [0.29, 0.717) is 0 Å². The Morgan fingerprint density at radius 3 is 2.30 bits per heavy atom. The number of halogens is 3. The summed E-state index contributed by atoms with van der Waals surface area (Å²) in [5.74, 6) is -1.31. The summed E-state index contributed by atoms with van der Waals surface area (Å²) in [5.41, 5.74) is 10.4. The lowest BCUT2D eigenvalue weighted by Crippen LogP contribution is -2.31. The van der Waals surface area contributed by atoms with Crippen LogP contribution in [0.3, 0.4) is 0 Å². The molecule has 0 radical (unpaired) electrons. The minimum absolute atomic E-state index is 0.0517. The average molecular weight is 309 g/mol. The normalized spacial score (nSPS) is 11.4. The molecule has 0 bridgehead atoms. The number of anilines is 2. The summed E-state index contributed by atoms with van der Waals surface area (Å²) in [6.07, 6.45) is -4.32. The maximum Gasteiger partial charge on any atom is 0.405 e. The Labute approximate surface area is 117 Å². The number of ketones is 1. The Kier molecular flexibility index (Phi) is 4.64. The van der Waals surface area contributed by atoms with Crippen LogP contribution in [0.5, 0.6) is 0 Å². The van der Waals surface area contributed by atoms with Crippen molar-refractivity contribution < 1.29 is 22.8 Å². The molecule has 0 fully saturated rings. The summed E-state index contributed by atoms with van der Waals surface area (Å²) in [6.45, 7) is 0.317. The van der Waals surface area contributed by atoms with Gasteiger partial charge in [0.1, 0.15) is 11.5 Å². The van der Waals surface area contributed by atoms with E-state index in [4.69, 9.17) is 11.5 Å². The fourth-order valence-corrected chi connectivity index (χ4v) is 2.84. The average Bonchev–Trinajstić information content (AvgIpc) is 2.63. The van der Waals surface area contributed by atoms with E-state index in [9.17, 15) is 22.8 Å². The van der Waals surface area contributed by atoms with Gasteiger partial charge in [0.05, 0.1) is 16.1 Å². The molecule has 0 aliphatic heterocycles. The SMILES string of the molecule is CCC(=O)c1sc(N(C)CC(F)(F)F)c(C(N)=O)c1N. The molecule has 0 unspecified atom stereocenters. The first-order valence-electron chi connectivity index (χ1n) is 5.61. The molecule has 1 amide bonds. The number of hydrogen-bond acceptors (Lipinski definition) is 5. The molecule has 20 heavy (non-hydrogen) atoms. The Balaban J connectivity index is 3.31. The molecule has 4 N–H and O–H groups in total. The summed E-state index contributed by atoms with van der Waals surface area (Å²) in [4.78, 5) is 23.9. The monoisotopic (exact) mass is 309 g/mol. The summed E-state index contributed by atoms with van der Waals surface area (Å²) >= 11 is 0.746. The van der Waals surface area contributed by atoms with Gasteiger partial charge in [-0.1, -0.05) is 6.92 Å². The Morgan fingerprint density at radius 2 is 1.90 bits per heavy atom. The van der Waals surface area contributed by atoms with Crippen LogP contribution in [0, 0.1) is 0 Å². The van der Waals surface area contributed by atoms with Gasteiger partial charge in [-0.05, 0) is 0 Å². The summed E-state index contributed by atoms with van der Waals surface area (Å²) in [6, 6.07) is 0. The van der Waals surface area contributed by atoms with E-state index >= 15 is 0 Å². The lowest BCUT2D eigenvalue weighted by Gasteiger charge is -2.20. The van der Waals surface area contributed by atoms with E-state index in [2.05, 4.69) is 0 Å². The molecule has 0 aliphatic rings. The summed E-state index contributed by atoms with van der Waals surface area (Å²) in [5, 5.41) is -0.0517. The Hall–Kier alpha value is -1.77. The van der Waals surface area contributed by atoms with Crippen LogP contribution in [-0.2, 0) is 0 Å². The van der Waals surface area contributed by atoms with Crippen LogP contribution in [0.15, 0.2) is 0 Å². The van der Waals surface area contributed by atoms with Crippen LogP contribution in [0.2, 0.25) is 0 Å². The summed E-state index contributed by atoms with van der Waals surface area (Å²) in [7, 11) is 1.16. The molecule has 9 heteroatoms. The Bertz CT molecular complexity index is 540. The number of carbonyl (C=O) groups is 2. The lowest BCUT2D eigenvalue weighted by molar-refractivity contribution is -0.119. The molecular formula is C11H14F3N3O2S. The number of alkyl halides is 3. The van der Waals surface area contributed by atoms with Gasteiger partial charge < -0.3 is 16.4 Å². The molecule has 1 aromatic heterocycles. The number of primary amides is 1. The predicted octanol–water partition coefficient (Wildman–Crippen LogP) is 2.02. The van der Waals surface area contributed by atoms with Crippen molar-refractivity contribution in [1.29, 1.82) is 0 Å². The third-order valence-electron chi connectivity index (χ3n) is 2.51. The highest BCUT2D eigenvalue weighted by Gasteiger charge is 2.33. The van der Waals surface area contributed by atoms with Gasteiger partial charge in [-0.3, -0.25) is 9.59 Å². The second-order valence-electron chi connectivity index (χ2n) is 4.14. The number of amides is 1. The number of carbonyl (C=O) groups excluding carboxylic acids is 2. The van der Waals surface area contributed by atoms with Gasteiger partial charge in [0.25, 0.3) is 5.91 Å². The standard InChI is InChI=1S/C11H14F3N3O2S/c1-3-5(18)8-7(15)6(9(16)19)10(20-8)17(2)4-11(12,13)14/h3-4,15H2,1-2H3,(H2,16,19). The highest BCUT2D eigenvalue weighted by atomic mass is 32.1. The van der Waals surface area contributed by atoms with Gasteiger partial charge in [-0.25, -0.2) is 0 Å². The van der Waals surface area contributed by atoms with Crippen LogP contribution in [0.1, 0.15) is 33.4 Å². The van der Waals surface area contributed by atoms with Gasteiger partial charge in [0, 0.05) is 13.5 Å². The molecule has 1 rings (SSSR count). The molecule has 112 valence electrons. The fraction of sp³-hybridized carbons (Fsp3) is 0.455. The maximum absolute atomic E-state index is 12.4. The molecule has 0 saturated heterocycles.